The molecule has 1 amide bonds. The number of carbonyl (C=O) groups is 2. The summed E-state index contributed by atoms with van der Waals surface area (Å²) >= 11 is 13.7. The average Bonchev–Trinajstić information content (AvgIpc) is 2.97. The number of rotatable bonds is 6. The fraction of sp³-hybridized carbons (Fsp3) is 0.500. The Labute approximate surface area is 208 Å². The monoisotopic (exact) mass is 509 g/mol. The van der Waals surface area contributed by atoms with E-state index in [1.807, 2.05) is 18.2 Å². The molecule has 0 unspecified atom stereocenters. The van der Waals surface area contributed by atoms with Gasteiger partial charge in [-0.3, -0.25) is 14.6 Å². The van der Waals surface area contributed by atoms with Gasteiger partial charge in [-0.25, -0.2) is 4.79 Å². The number of nitrogens with zero attached hydrogens (tertiary/aromatic N) is 2. The minimum atomic E-state index is -0.361. The second-order valence-electron chi connectivity index (χ2n) is 8.61. The number of amides is 1. The SMILES string of the molecule is COC(=O)c1c(NC(=O)CN2CCN(Cc3ccc(Cl)c(Cl)c3)CC2)sc2c1CCCCC2. The summed E-state index contributed by atoms with van der Waals surface area (Å²) in [6, 6.07) is 5.73. The predicted octanol–water partition coefficient (Wildman–Crippen LogP) is 4.87. The Kier molecular flexibility index (Phi) is 8.30. The Hall–Kier alpha value is -1.64. The molecule has 4 rings (SSSR count). The van der Waals surface area contributed by atoms with Gasteiger partial charge in [0.25, 0.3) is 0 Å². The average molecular weight is 510 g/mol. The van der Waals surface area contributed by atoms with Crippen molar-refractivity contribution in [2.24, 2.45) is 0 Å². The third-order valence-electron chi connectivity index (χ3n) is 6.29. The molecule has 1 aliphatic carbocycles. The van der Waals surface area contributed by atoms with E-state index in [0.29, 0.717) is 27.2 Å². The molecule has 1 saturated heterocycles. The van der Waals surface area contributed by atoms with E-state index in [1.165, 1.54) is 29.7 Å². The van der Waals surface area contributed by atoms with Gasteiger partial charge in [-0.2, -0.15) is 0 Å². The molecular weight excluding hydrogens is 481 g/mol. The first-order chi connectivity index (χ1) is 15.9. The number of piperazine rings is 1. The van der Waals surface area contributed by atoms with Gasteiger partial charge in [-0.1, -0.05) is 35.7 Å². The molecule has 33 heavy (non-hydrogen) atoms. The third kappa shape index (κ3) is 6.08. The molecule has 9 heteroatoms. The third-order valence-corrected chi connectivity index (χ3v) is 8.23. The normalized spacial score (nSPS) is 17.3. The maximum absolute atomic E-state index is 12.8. The van der Waals surface area contributed by atoms with E-state index in [9.17, 15) is 9.59 Å². The van der Waals surface area contributed by atoms with Crippen molar-refractivity contribution in [3.05, 3.63) is 49.8 Å². The van der Waals surface area contributed by atoms with Crippen molar-refractivity contribution < 1.29 is 14.3 Å². The molecule has 0 atom stereocenters. The van der Waals surface area contributed by atoms with Crippen LogP contribution in [0.15, 0.2) is 18.2 Å². The number of aryl methyl sites for hydroxylation is 1. The fourth-order valence-corrected chi connectivity index (χ4v) is 6.13. The number of hydrogen-bond acceptors (Lipinski definition) is 6. The van der Waals surface area contributed by atoms with Gasteiger partial charge >= 0.3 is 5.97 Å². The Balaban J connectivity index is 1.32. The molecule has 0 bridgehead atoms. The largest absolute Gasteiger partial charge is 0.465 e. The number of fused-ring (bicyclic) bond motifs is 1. The Morgan fingerprint density at radius 2 is 1.76 bits per heavy atom. The highest BCUT2D eigenvalue weighted by Gasteiger charge is 2.27. The summed E-state index contributed by atoms with van der Waals surface area (Å²) in [5.74, 6) is -0.449. The van der Waals surface area contributed by atoms with E-state index >= 15 is 0 Å². The van der Waals surface area contributed by atoms with Crippen LogP contribution in [0.25, 0.3) is 0 Å². The van der Waals surface area contributed by atoms with Crippen LogP contribution < -0.4 is 5.32 Å². The molecule has 0 spiro atoms. The topological polar surface area (TPSA) is 61.9 Å². The zero-order valence-corrected chi connectivity index (χ0v) is 21.1. The molecule has 0 radical (unpaired) electrons. The van der Waals surface area contributed by atoms with Crippen molar-refractivity contribution in [2.45, 2.75) is 38.6 Å². The van der Waals surface area contributed by atoms with Crippen LogP contribution in [0.5, 0.6) is 0 Å². The molecule has 1 aromatic heterocycles. The van der Waals surface area contributed by atoms with Gasteiger partial charge in [-0.05, 0) is 48.9 Å². The molecule has 2 heterocycles. The first-order valence-electron chi connectivity index (χ1n) is 11.4. The number of anilines is 1. The lowest BCUT2D eigenvalue weighted by molar-refractivity contribution is -0.117. The summed E-state index contributed by atoms with van der Waals surface area (Å²) < 4.78 is 5.03. The molecule has 1 aromatic carbocycles. The van der Waals surface area contributed by atoms with Crippen LogP contribution in [0, 0.1) is 0 Å². The molecule has 178 valence electrons. The lowest BCUT2D eigenvalue weighted by Crippen LogP contribution is -2.48. The van der Waals surface area contributed by atoms with Crippen molar-refractivity contribution >= 4 is 51.4 Å². The van der Waals surface area contributed by atoms with Crippen LogP contribution >= 0.6 is 34.5 Å². The van der Waals surface area contributed by atoms with E-state index in [1.54, 1.807) is 0 Å². The summed E-state index contributed by atoms with van der Waals surface area (Å²) in [6.07, 6.45) is 5.18. The molecule has 1 N–H and O–H groups in total. The number of ether oxygens (including phenoxy) is 1. The van der Waals surface area contributed by atoms with E-state index in [4.69, 9.17) is 27.9 Å². The van der Waals surface area contributed by atoms with Crippen LogP contribution in [-0.2, 0) is 28.9 Å². The number of benzene rings is 1. The van der Waals surface area contributed by atoms with Crippen molar-refractivity contribution in [1.29, 1.82) is 0 Å². The number of thiophene rings is 1. The van der Waals surface area contributed by atoms with Crippen LogP contribution in [0.4, 0.5) is 5.00 Å². The highest BCUT2D eigenvalue weighted by Crippen LogP contribution is 2.38. The maximum Gasteiger partial charge on any atom is 0.341 e. The second-order valence-corrected chi connectivity index (χ2v) is 10.5. The zero-order chi connectivity index (χ0) is 23.4. The van der Waals surface area contributed by atoms with E-state index in [2.05, 4.69) is 15.1 Å². The van der Waals surface area contributed by atoms with Gasteiger partial charge in [0.1, 0.15) is 5.00 Å². The van der Waals surface area contributed by atoms with Crippen LogP contribution in [0.3, 0.4) is 0 Å². The van der Waals surface area contributed by atoms with Gasteiger partial charge in [0, 0.05) is 37.6 Å². The number of carbonyl (C=O) groups excluding carboxylic acids is 2. The molecule has 1 fully saturated rings. The first-order valence-corrected chi connectivity index (χ1v) is 12.9. The van der Waals surface area contributed by atoms with Crippen LogP contribution in [0.1, 0.15) is 45.6 Å². The highest BCUT2D eigenvalue weighted by atomic mass is 35.5. The quantitative estimate of drug-likeness (QED) is 0.444. The number of hydrogen-bond donors (Lipinski definition) is 1. The van der Waals surface area contributed by atoms with Gasteiger partial charge in [0.15, 0.2) is 0 Å². The summed E-state index contributed by atoms with van der Waals surface area (Å²) in [7, 11) is 1.40. The van der Waals surface area contributed by atoms with Gasteiger partial charge in [-0.15, -0.1) is 11.3 Å². The smallest absolute Gasteiger partial charge is 0.341 e. The molecule has 1 aliphatic heterocycles. The molecule has 0 saturated carbocycles. The number of halogens is 2. The summed E-state index contributed by atoms with van der Waals surface area (Å²) in [5.41, 5.74) is 2.75. The Bertz CT molecular complexity index is 1020. The summed E-state index contributed by atoms with van der Waals surface area (Å²) in [5, 5.41) is 4.78. The Morgan fingerprint density at radius 3 is 2.48 bits per heavy atom. The fourth-order valence-electron chi connectivity index (χ4n) is 4.52. The maximum atomic E-state index is 12.8. The van der Waals surface area contributed by atoms with E-state index < -0.39 is 0 Å². The van der Waals surface area contributed by atoms with Crippen molar-refractivity contribution in [3.63, 3.8) is 0 Å². The second kappa shape index (κ2) is 11.2. The highest BCUT2D eigenvalue weighted by molar-refractivity contribution is 7.17. The first kappa shape index (κ1) is 24.5. The van der Waals surface area contributed by atoms with Crippen molar-refractivity contribution in [2.75, 3.05) is 45.2 Å². The van der Waals surface area contributed by atoms with Gasteiger partial charge < -0.3 is 10.1 Å². The van der Waals surface area contributed by atoms with Crippen molar-refractivity contribution in [3.8, 4) is 0 Å². The summed E-state index contributed by atoms with van der Waals surface area (Å²) in [4.78, 5) is 31.0. The molecule has 6 nitrogen and oxygen atoms in total. The zero-order valence-electron chi connectivity index (χ0n) is 18.8. The summed E-state index contributed by atoms with van der Waals surface area (Å²) in [6.45, 7) is 4.46. The van der Waals surface area contributed by atoms with E-state index in [0.717, 1.165) is 69.5 Å². The standard InChI is InChI=1S/C24H29Cl2N3O3S/c1-32-24(31)22-17-5-3-2-4-6-20(17)33-23(22)27-21(30)15-29-11-9-28(10-12-29)14-16-7-8-18(25)19(26)13-16/h7-8,13H,2-6,9-12,14-15H2,1H3,(H,27,30). The number of methoxy groups -OCH3 is 1. The van der Waals surface area contributed by atoms with Gasteiger partial charge in [0.05, 0.1) is 29.3 Å². The Morgan fingerprint density at radius 1 is 1.03 bits per heavy atom. The minimum absolute atomic E-state index is 0.0884. The predicted molar refractivity (Wildman–Crippen MR) is 134 cm³/mol. The molecule has 2 aromatic rings. The lowest BCUT2D eigenvalue weighted by atomic mass is 10.1. The lowest BCUT2D eigenvalue weighted by Gasteiger charge is -2.34. The minimum Gasteiger partial charge on any atom is -0.465 e. The molecular formula is C24H29Cl2N3O3S. The van der Waals surface area contributed by atoms with E-state index in [-0.39, 0.29) is 11.9 Å². The number of esters is 1. The van der Waals surface area contributed by atoms with Crippen LogP contribution in [0.2, 0.25) is 10.0 Å². The van der Waals surface area contributed by atoms with Crippen LogP contribution in [-0.4, -0.2) is 61.5 Å². The van der Waals surface area contributed by atoms with Gasteiger partial charge in [0.2, 0.25) is 5.91 Å². The molecule has 2 aliphatic rings. The van der Waals surface area contributed by atoms with Crippen molar-refractivity contribution in [1.82, 2.24) is 9.80 Å². The number of nitrogens with one attached hydrogen (secondary N) is 1.